The number of amides is 1. The fraction of sp³-hybridized carbons (Fsp3) is 0.381. The van der Waals surface area contributed by atoms with Gasteiger partial charge in [-0.15, -0.1) is 0 Å². The summed E-state index contributed by atoms with van der Waals surface area (Å²) in [5.41, 5.74) is 1.54. The zero-order valence-electron chi connectivity index (χ0n) is 15.3. The smallest absolute Gasteiger partial charge is 0.408 e. The molecule has 2 atom stereocenters. The molecule has 0 spiro atoms. The summed E-state index contributed by atoms with van der Waals surface area (Å²) in [4.78, 5) is 23.2. The molecular formula is C21H26NO4P. The van der Waals surface area contributed by atoms with Crippen molar-refractivity contribution in [3.8, 4) is 0 Å². The Hall–Kier alpha value is -2.10. The Morgan fingerprint density at radius 2 is 1.59 bits per heavy atom. The van der Waals surface area contributed by atoms with Crippen LogP contribution < -0.4 is 5.32 Å². The molecule has 0 radical (unpaired) electrons. The first-order chi connectivity index (χ1) is 13.1. The normalized spacial score (nSPS) is 17.8. The predicted octanol–water partition coefficient (Wildman–Crippen LogP) is 4.69. The first-order valence-electron chi connectivity index (χ1n) is 9.39. The van der Waals surface area contributed by atoms with Crippen LogP contribution in [0.3, 0.4) is 0 Å². The van der Waals surface area contributed by atoms with Gasteiger partial charge in [-0.3, -0.25) is 4.57 Å². The lowest BCUT2D eigenvalue weighted by molar-refractivity contribution is 0.137. The Balaban J connectivity index is 1.68. The number of nitrogens with one attached hydrogen (secondary N) is 1. The molecule has 27 heavy (non-hydrogen) atoms. The molecule has 0 bridgehead atoms. The Bertz CT molecular complexity index is 775. The van der Waals surface area contributed by atoms with E-state index in [1.807, 2.05) is 60.7 Å². The van der Waals surface area contributed by atoms with Gasteiger partial charge in [0.05, 0.1) is 0 Å². The number of hydrogen-bond donors (Lipinski definition) is 2. The van der Waals surface area contributed by atoms with E-state index in [4.69, 9.17) is 4.74 Å². The molecule has 1 fully saturated rings. The summed E-state index contributed by atoms with van der Waals surface area (Å²) >= 11 is 0. The van der Waals surface area contributed by atoms with E-state index in [0.717, 1.165) is 36.8 Å². The highest BCUT2D eigenvalue weighted by atomic mass is 31.2. The van der Waals surface area contributed by atoms with Gasteiger partial charge in [0, 0.05) is 12.1 Å². The zero-order chi connectivity index (χ0) is 19.1. The molecular weight excluding hydrogens is 361 g/mol. The van der Waals surface area contributed by atoms with E-state index < -0.39 is 19.2 Å². The Kier molecular flexibility index (Phi) is 6.70. The molecule has 6 heteroatoms. The second-order valence-electron chi connectivity index (χ2n) is 7.02. The summed E-state index contributed by atoms with van der Waals surface area (Å²) in [5, 5.41) is 2.68. The van der Waals surface area contributed by atoms with E-state index in [0.29, 0.717) is 6.42 Å². The SMILES string of the molecule is O=C(NC(Cc1ccccc1)P(=O)(O)C1CCCC1)OCc1ccccc1. The summed E-state index contributed by atoms with van der Waals surface area (Å²) in [5.74, 6) is -0.841. The van der Waals surface area contributed by atoms with Crippen molar-refractivity contribution in [1.29, 1.82) is 0 Å². The maximum atomic E-state index is 13.2. The van der Waals surface area contributed by atoms with E-state index in [9.17, 15) is 14.3 Å². The molecule has 2 N–H and O–H groups in total. The van der Waals surface area contributed by atoms with Crippen LogP contribution in [0.5, 0.6) is 0 Å². The monoisotopic (exact) mass is 387 g/mol. The fourth-order valence-electron chi connectivity index (χ4n) is 3.54. The lowest BCUT2D eigenvalue weighted by Crippen LogP contribution is -2.38. The second kappa shape index (κ2) is 9.20. The molecule has 3 rings (SSSR count). The third kappa shape index (κ3) is 5.44. The third-order valence-electron chi connectivity index (χ3n) is 5.06. The molecule has 0 saturated heterocycles. The number of alkyl carbamates (subject to hydrolysis) is 1. The van der Waals surface area contributed by atoms with E-state index in [2.05, 4.69) is 5.32 Å². The highest BCUT2D eigenvalue weighted by Crippen LogP contribution is 2.56. The number of ether oxygens (including phenoxy) is 1. The summed E-state index contributed by atoms with van der Waals surface area (Å²) in [6.07, 6.45) is 3.05. The van der Waals surface area contributed by atoms with Crippen molar-refractivity contribution in [3.05, 3.63) is 71.8 Å². The lowest BCUT2D eigenvalue weighted by Gasteiger charge is -2.28. The predicted molar refractivity (Wildman–Crippen MR) is 106 cm³/mol. The van der Waals surface area contributed by atoms with Crippen LogP contribution >= 0.6 is 7.37 Å². The quantitative estimate of drug-likeness (QED) is 0.676. The Morgan fingerprint density at radius 1 is 1.04 bits per heavy atom. The third-order valence-corrected chi connectivity index (χ3v) is 7.83. The van der Waals surface area contributed by atoms with Crippen molar-refractivity contribution in [2.75, 3.05) is 0 Å². The van der Waals surface area contributed by atoms with Gasteiger partial charge in [-0.05, 0) is 24.0 Å². The van der Waals surface area contributed by atoms with Gasteiger partial charge in [0.15, 0.2) is 0 Å². The van der Waals surface area contributed by atoms with Gasteiger partial charge in [-0.25, -0.2) is 4.79 Å². The molecule has 5 nitrogen and oxygen atoms in total. The average molecular weight is 387 g/mol. The van der Waals surface area contributed by atoms with Gasteiger partial charge >= 0.3 is 6.09 Å². The average Bonchev–Trinajstić information content (AvgIpc) is 3.23. The molecule has 1 amide bonds. The number of hydrogen-bond acceptors (Lipinski definition) is 3. The summed E-state index contributed by atoms with van der Waals surface area (Å²) in [7, 11) is -3.58. The molecule has 2 aromatic rings. The maximum Gasteiger partial charge on any atom is 0.408 e. The van der Waals surface area contributed by atoms with Gasteiger partial charge < -0.3 is 14.9 Å². The van der Waals surface area contributed by atoms with E-state index in [1.165, 1.54) is 0 Å². The van der Waals surface area contributed by atoms with Gasteiger partial charge in [0.1, 0.15) is 12.4 Å². The van der Waals surface area contributed by atoms with Crippen LogP contribution in [-0.2, 0) is 22.3 Å². The second-order valence-corrected chi connectivity index (χ2v) is 9.72. The Labute approximate surface area is 160 Å². The molecule has 0 aromatic heterocycles. The van der Waals surface area contributed by atoms with Crippen LogP contribution in [0.4, 0.5) is 4.79 Å². The molecule has 0 aliphatic heterocycles. The van der Waals surface area contributed by atoms with Crippen molar-refractivity contribution in [3.63, 3.8) is 0 Å². The van der Waals surface area contributed by atoms with Crippen molar-refractivity contribution in [2.45, 2.75) is 50.2 Å². The molecule has 144 valence electrons. The van der Waals surface area contributed by atoms with Gasteiger partial charge in [0.25, 0.3) is 0 Å². The topological polar surface area (TPSA) is 75.6 Å². The molecule has 1 aliphatic rings. The van der Waals surface area contributed by atoms with Crippen LogP contribution in [0, 0.1) is 0 Å². The number of rotatable bonds is 7. The van der Waals surface area contributed by atoms with Gasteiger partial charge in [0.2, 0.25) is 7.37 Å². The van der Waals surface area contributed by atoms with Crippen LogP contribution in [-0.4, -0.2) is 22.4 Å². The number of carbonyl (C=O) groups is 1. The number of carbonyl (C=O) groups excluding carboxylic acids is 1. The largest absolute Gasteiger partial charge is 0.445 e. The van der Waals surface area contributed by atoms with E-state index in [-0.39, 0.29) is 12.3 Å². The summed E-state index contributed by atoms with van der Waals surface area (Å²) in [6.45, 7) is 0.129. The van der Waals surface area contributed by atoms with Crippen LogP contribution in [0.25, 0.3) is 0 Å². The Morgan fingerprint density at radius 3 is 2.19 bits per heavy atom. The van der Waals surface area contributed by atoms with Crippen molar-refractivity contribution >= 4 is 13.5 Å². The molecule has 1 saturated carbocycles. The first-order valence-corrected chi connectivity index (χ1v) is 11.2. The van der Waals surface area contributed by atoms with Crippen molar-refractivity contribution in [2.24, 2.45) is 0 Å². The standard InChI is InChI=1S/C21H26NO4P/c23-21(26-16-18-11-5-2-6-12-18)22-20(15-17-9-3-1-4-10-17)27(24,25)19-13-7-8-14-19/h1-6,9-12,19-20H,7-8,13-16H2,(H,22,23)(H,24,25). The van der Waals surface area contributed by atoms with Crippen molar-refractivity contribution in [1.82, 2.24) is 5.32 Å². The van der Waals surface area contributed by atoms with E-state index >= 15 is 0 Å². The first kappa shape index (κ1) is 19.7. The minimum Gasteiger partial charge on any atom is -0.445 e. The van der Waals surface area contributed by atoms with Gasteiger partial charge in [-0.2, -0.15) is 0 Å². The minimum absolute atomic E-state index is 0.129. The van der Waals surface area contributed by atoms with Crippen LogP contribution in [0.15, 0.2) is 60.7 Å². The maximum absolute atomic E-state index is 13.2. The van der Waals surface area contributed by atoms with Gasteiger partial charge in [-0.1, -0.05) is 73.5 Å². The molecule has 0 heterocycles. The highest BCUT2D eigenvalue weighted by Gasteiger charge is 2.41. The van der Waals surface area contributed by atoms with Crippen LogP contribution in [0.1, 0.15) is 36.8 Å². The highest BCUT2D eigenvalue weighted by molar-refractivity contribution is 7.59. The molecule has 1 aliphatic carbocycles. The fourth-order valence-corrected chi connectivity index (χ4v) is 5.92. The zero-order valence-corrected chi connectivity index (χ0v) is 16.2. The summed E-state index contributed by atoms with van der Waals surface area (Å²) < 4.78 is 18.5. The molecule has 2 aromatic carbocycles. The number of benzene rings is 2. The lowest BCUT2D eigenvalue weighted by atomic mass is 10.1. The minimum atomic E-state index is -3.58. The van der Waals surface area contributed by atoms with E-state index in [1.54, 1.807) is 0 Å². The van der Waals surface area contributed by atoms with Crippen LogP contribution in [0.2, 0.25) is 0 Å². The van der Waals surface area contributed by atoms with Crippen molar-refractivity contribution < 1.29 is 19.0 Å². The molecule has 2 unspecified atom stereocenters. The summed E-state index contributed by atoms with van der Waals surface area (Å²) in [6, 6.07) is 18.8.